The van der Waals surface area contributed by atoms with E-state index in [4.69, 9.17) is 0 Å². The minimum Gasteiger partial charge on any atom is -0.179 e. The van der Waals surface area contributed by atoms with Crippen molar-refractivity contribution in [3.05, 3.63) is 34.4 Å². The van der Waals surface area contributed by atoms with E-state index >= 15 is 0 Å². The second-order valence-electron chi connectivity index (χ2n) is 4.24. The zero-order valence-corrected chi connectivity index (χ0v) is 14.2. The Morgan fingerprint density at radius 3 is 1.17 bits per heavy atom. The summed E-state index contributed by atoms with van der Waals surface area (Å²) in [7, 11) is 0. The first-order valence-electron chi connectivity index (χ1n) is 6.34. The van der Waals surface area contributed by atoms with Crippen molar-refractivity contribution >= 4 is 50.5 Å². The van der Waals surface area contributed by atoms with Crippen molar-refractivity contribution in [2.45, 2.75) is 25.7 Å². The molecule has 0 unspecified atom stereocenters. The van der Waals surface area contributed by atoms with Crippen molar-refractivity contribution < 1.29 is 0 Å². The lowest BCUT2D eigenvalue weighted by Crippen LogP contribution is -2.08. The fourth-order valence-electron chi connectivity index (χ4n) is 2.35. The minimum absolute atomic E-state index is 0.892. The summed E-state index contributed by atoms with van der Waals surface area (Å²) in [5.41, 5.74) is 5.82. The van der Waals surface area contributed by atoms with Crippen molar-refractivity contribution in [2.75, 3.05) is 23.0 Å². The third kappa shape index (κ3) is 4.62. The van der Waals surface area contributed by atoms with Crippen LogP contribution in [0.25, 0.3) is 0 Å². The molecule has 0 N–H and O–H groups in total. The summed E-state index contributed by atoms with van der Waals surface area (Å²) in [4.78, 5) is 0. The van der Waals surface area contributed by atoms with Crippen LogP contribution in [0, 0.1) is 0 Å². The van der Waals surface area contributed by atoms with Crippen LogP contribution >= 0.6 is 50.5 Å². The summed E-state index contributed by atoms with van der Waals surface area (Å²) in [6.45, 7) is 0. The monoisotopic (exact) mass is 318 g/mol. The molecular formula is C14H22S4. The van der Waals surface area contributed by atoms with E-state index in [0.717, 1.165) is 48.7 Å². The van der Waals surface area contributed by atoms with Gasteiger partial charge in [-0.3, -0.25) is 0 Å². The molecule has 0 atom stereocenters. The summed E-state index contributed by atoms with van der Waals surface area (Å²) in [5, 5.41) is 0. The van der Waals surface area contributed by atoms with E-state index in [-0.39, 0.29) is 0 Å². The Morgan fingerprint density at radius 2 is 0.889 bits per heavy atom. The molecule has 102 valence electrons. The number of benzene rings is 1. The lowest BCUT2D eigenvalue weighted by Gasteiger charge is -2.18. The minimum atomic E-state index is 0.892. The van der Waals surface area contributed by atoms with Gasteiger partial charge in [-0.15, -0.1) is 0 Å². The van der Waals surface area contributed by atoms with E-state index in [2.05, 4.69) is 62.6 Å². The van der Waals surface area contributed by atoms with E-state index < -0.39 is 0 Å². The van der Waals surface area contributed by atoms with Crippen LogP contribution in [-0.4, -0.2) is 23.0 Å². The first-order chi connectivity index (χ1) is 8.78. The summed E-state index contributed by atoms with van der Waals surface area (Å²) < 4.78 is 0. The second-order valence-corrected chi connectivity index (χ2v) is 6.02. The van der Waals surface area contributed by atoms with E-state index in [1.165, 1.54) is 22.3 Å². The summed E-state index contributed by atoms with van der Waals surface area (Å²) in [6, 6.07) is 4.52. The molecule has 0 aliphatic rings. The lowest BCUT2D eigenvalue weighted by atomic mass is 9.90. The van der Waals surface area contributed by atoms with Crippen LogP contribution in [0.4, 0.5) is 0 Å². The maximum absolute atomic E-state index is 4.40. The van der Waals surface area contributed by atoms with E-state index in [1.807, 2.05) is 0 Å². The highest BCUT2D eigenvalue weighted by molar-refractivity contribution is 7.80. The molecule has 0 heterocycles. The summed E-state index contributed by atoms with van der Waals surface area (Å²) in [5.74, 6) is 3.57. The molecule has 0 nitrogen and oxygen atoms in total. The molecule has 1 aromatic rings. The number of hydrogen-bond acceptors (Lipinski definition) is 4. The van der Waals surface area contributed by atoms with Crippen LogP contribution in [0.2, 0.25) is 0 Å². The van der Waals surface area contributed by atoms with Crippen molar-refractivity contribution in [1.82, 2.24) is 0 Å². The predicted molar refractivity (Wildman–Crippen MR) is 96.7 cm³/mol. The lowest BCUT2D eigenvalue weighted by molar-refractivity contribution is 0.962. The SMILES string of the molecule is SCCc1ccc(CCS)c(CCS)c1CCS. The molecule has 0 saturated carbocycles. The first-order valence-corrected chi connectivity index (χ1v) is 8.87. The van der Waals surface area contributed by atoms with Crippen LogP contribution in [-0.2, 0) is 25.7 Å². The van der Waals surface area contributed by atoms with Crippen LogP contribution in [0.1, 0.15) is 22.3 Å². The van der Waals surface area contributed by atoms with Gasteiger partial charge in [0, 0.05) is 0 Å². The molecule has 0 aromatic heterocycles. The fourth-order valence-corrected chi connectivity index (χ4v) is 3.27. The Balaban J connectivity index is 3.19. The second kappa shape index (κ2) is 9.51. The highest BCUT2D eigenvalue weighted by atomic mass is 32.1. The van der Waals surface area contributed by atoms with Gasteiger partial charge in [0.05, 0.1) is 0 Å². The smallest absolute Gasteiger partial charge is 0.00571 e. The van der Waals surface area contributed by atoms with Gasteiger partial charge in [-0.2, -0.15) is 50.5 Å². The molecule has 1 aromatic carbocycles. The summed E-state index contributed by atoms with van der Waals surface area (Å²) >= 11 is 17.5. The molecule has 0 amide bonds. The highest BCUT2D eigenvalue weighted by Crippen LogP contribution is 2.23. The molecule has 0 saturated heterocycles. The normalized spacial score (nSPS) is 10.9. The molecule has 4 heteroatoms. The largest absolute Gasteiger partial charge is 0.179 e. The van der Waals surface area contributed by atoms with Gasteiger partial charge in [0.2, 0.25) is 0 Å². The molecule has 0 spiro atoms. The third-order valence-electron chi connectivity index (χ3n) is 3.11. The van der Waals surface area contributed by atoms with Gasteiger partial charge >= 0.3 is 0 Å². The molecule has 1 rings (SSSR count). The van der Waals surface area contributed by atoms with Crippen LogP contribution < -0.4 is 0 Å². The topological polar surface area (TPSA) is 0 Å². The highest BCUT2D eigenvalue weighted by Gasteiger charge is 2.11. The Labute approximate surface area is 133 Å². The van der Waals surface area contributed by atoms with Crippen LogP contribution in [0.5, 0.6) is 0 Å². The predicted octanol–water partition coefficient (Wildman–Crippen LogP) is 3.58. The van der Waals surface area contributed by atoms with Crippen molar-refractivity contribution in [2.24, 2.45) is 0 Å². The van der Waals surface area contributed by atoms with E-state index in [1.54, 1.807) is 0 Å². The van der Waals surface area contributed by atoms with Gasteiger partial charge in [-0.1, -0.05) is 12.1 Å². The zero-order chi connectivity index (χ0) is 13.4. The first kappa shape index (κ1) is 16.7. The Kier molecular flexibility index (Phi) is 8.81. The average molecular weight is 319 g/mol. The van der Waals surface area contributed by atoms with Crippen molar-refractivity contribution in [3.8, 4) is 0 Å². The standard InChI is InChI=1S/C14H22S4/c15-7-3-11-1-2-12(4-8-16)14(6-10-18)13(11)5-9-17/h1-2,15-18H,3-10H2. The van der Waals surface area contributed by atoms with Gasteiger partial charge < -0.3 is 0 Å². The van der Waals surface area contributed by atoms with Gasteiger partial charge in [-0.25, -0.2) is 0 Å². The number of aryl methyl sites for hydroxylation is 2. The maximum Gasteiger partial charge on any atom is -0.00571 e. The van der Waals surface area contributed by atoms with Gasteiger partial charge in [0.25, 0.3) is 0 Å². The van der Waals surface area contributed by atoms with E-state index in [0.29, 0.717) is 0 Å². The molecule has 0 fully saturated rings. The molecule has 18 heavy (non-hydrogen) atoms. The number of thiol groups is 4. The number of hydrogen-bond donors (Lipinski definition) is 4. The fraction of sp³-hybridized carbons (Fsp3) is 0.571. The van der Waals surface area contributed by atoms with Gasteiger partial charge in [-0.05, 0) is 70.9 Å². The summed E-state index contributed by atoms with van der Waals surface area (Å²) in [6.07, 6.45) is 4.14. The molecule has 0 aliphatic carbocycles. The van der Waals surface area contributed by atoms with Crippen molar-refractivity contribution in [1.29, 1.82) is 0 Å². The van der Waals surface area contributed by atoms with Crippen LogP contribution in [0.3, 0.4) is 0 Å². The average Bonchev–Trinajstić information content (AvgIpc) is 2.37. The number of rotatable bonds is 8. The molecule has 0 radical (unpaired) electrons. The Hall–Kier alpha value is 0.620. The zero-order valence-electron chi connectivity index (χ0n) is 10.6. The third-order valence-corrected chi connectivity index (χ3v) is 4.01. The Bertz CT molecular complexity index is 328. The van der Waals surface area contributed by atoms with Crippen molar-refractivity contribution in [3.63, 3.8) is 0 Å². The van der Waals surface area contributed by atoms with Gasteiger partial charge in [0.15, 0.2) is 0 Å². The quantitative estimate of drug-likeness (QED) is 0.518. The molecule has 0 aliphatic heterocycles. The molecule has 0 bridgehead atoms. The maximum atomic E-state index is 4.40. The Morgan fingerprint density at radius 1 is 0.556 bits per heavy atom. The van der Waals surface area contributed by atoms with Gasteiger partial charge in [0.1, 0.15) is 0 Å². The van der Waals surface area contributed by atoms with E-state index in [9.17, 15) is 0 Å². The van der Waals surface area contributed by atoms with Crippen LogP contribution in [0.15, 0.2) is 12.1 Å². The molecular weight excluding hydrogens is 296 g/mol.